The third-order valence-electron chi connectivity index (χ3n) is 1.44. The number of nitrogens with one attached hydrogen (secondary N) is 1. The second-order valence-electron chi connectivity index (χ2n) is 2.66. The highest BCUT2D eigenvalue weighted by atomic mass is 28.4. The molecule has 0 aliphatic carbocycles. The zero-order valence-electron chi connectivity index (χ0n) is 9.25. The van der Waals surface area contributed by atoms with Crippen molar-refractivity contribution < 1.29 is 18.4 Å². The van der Waals surface area contributed by atoms with Crippen molar-refractivity contribution in [3.8, 4) is 0 Å². The lowest BCUT2D eigenvalue weighted by molar-refractivity contribution is 0.139. The van der Waals surface area contributed by atoms with Gasteiger partial charge in [-0.15, -0.1) is 0 Å². The molecule has 0 spiro atoms. The Balaban J connectivity index is 4.12. The lowest BCUT2D eigenvalue weighted by Gasteiger charge is -2.25. The number of rotatable bonds is 6. The minimum atomic E-state index is -2.57. The number of amides is 1. The molecule has 0 atom stereocenters. The first-order valence-electron chi connectivity index (χ1n) is 4.80. The molecule has 0 rings (SSSR count). The fourth-order valence-electron chi connectivity index (χ4n) is 1.02. The van der Waals surface area contributed by atoms with Gasteiger partial charge in [0.05, 0.1) is 6.61 Å². The average molecular weight is 221 g/mol. The van der Waals surface area contributed by atoms with Gasteiger partial charge in [0.15, 0.2) is 0 Å². The zero-order valence-corrected chi connectivity index (χ0v) is 10.3. The number of carbonyl (C=O) groups is 1. The number of carbonyl (C=O) groups excluding carboxylic acids is 1. The van der Waals surface area contributed by atoms with E-state index in [9.17, 15) is 4.79 Å². The molecule has 0 aliphatic rings. The normalized spacial score (nSPS) is 11.1. The summed E-state index contributed by atoms with van der Waals surface area (Å²) in [7, 11) is -2.57. The van der Waals surface area contributed by atoms with Crippen molar-refractivity contribution in [1.29, 1.82) is 0 Å². The maximum atomic E-state index is 11.1. The van der Waals surface area contributed by atoms with Crippen LogP contribution in [0.5, 0.6) is 0 Å². The summed E-state index contributed by atoms with van der Waals surface area (Å²) < 4.78 is 15.5. The Kier molecular flexibility index (Phi) is 6.51. The van der Waals surface area contributed by atoms with Crippen molar-refractivity contribution in [2.45, 2.75) is 27.3 Å². The van der Waals surface area contributed by atoms with E-state index >= 15 is 0 Å². The second kappa shape index (κ2) is 6.80. The predicted molar refractivity (Wildman–Crippen MR) is 55.0 cm³/mol. The molecule has 0 aromatic rings. The Bertz CT molecular complexity index is 171. The molecule has 6 heteroatoms. The number of ether oxygens (including phenoxy) is 1. The highest BCUT2D eigenvalue weighted by Gasteiger charge is 2.34. The SMILES string of the molecule is CCOC(=O)N[Si](C)(OCC)OCC. The zero-order chi connectivity index (χ0) is 11.0. The minimum absolute atomic E-state index is 0.342. The van der Waals surface area contributed by atoms with Crippen LogP contribution in [0.4, 0.5) is 4.79 Å². The van der Waals surface area contributed by atoms with E-state index in [4.69, 9.17) is 13.6 Å². The average Bonchev–Trinajstić information content (AvgIpc) is 2.04. The molecule has 84 valence electrons. The summed E-state index contributed by atoms with van der Waals surface area (Å²) in [5.41, 5.74) is 0. The van der Waals surface area contributed by atoms with Gasteiger partial charge in [-0.3, -0.25) is 0 Å². The molecule has 0 fully saturated rings. The molecular weight excluding hydrogens is 202 g/mol. The van der Waals surface area contributed by atoms with Gasteiger partial charge < -0.3 is 18.6 Å². The van der Waals surface area contributed by atoms with E-state index in [1.54, 1.807) is 13.5 Å². The van der Waals surface area contributed by atoms with Gasteiger partial charge in [0.1, 0.15) is 0 Å². The van der Waals surface area contributed by atoms with Crippen LogP contribution in [0.2, 0.25) is 6.55 Å². The van der Waals surface area contributed by atoms with Crippen molar-refractivity contribution >= 4 is 14.8 Å². The van der Waals surface area contributed by atoms with Crippen molar-refractivity contribution in [2.24, 2.45) is 0 Å². The molecule has 0 saturated carbocycles. The molecule has 0 aromatic heterocycles. The molecule has 0 aromatic carbocycles. The fourth-order valence-corrected chi connectivity index (χ4v) is 2.79. The molecule has 0 unspecified atom stereocenters. The minimum Gasteiger partial charge on any atom is -0.450 e. The molecule has 5 nitrogen and oxygen atoms in total. The first kappa shape index (κ1) is 13.4. The van der Waals surface area contributed by atoms with Gasteiger partial charge in [-0.25, -0.2) is 4.79 Å². The van der Waals surface area contributed by atoms with Crippen molar-refractivity contribution in [1.82, 2.24) is 4.98 Å². The lowest BCUT2D eigenvalue weighted by Crippen LogP contribution is -2.56. The van der Waals surface area contributed by atoms with E-state index in [1.165, 1.54) is 0 Å². The second-order valence-corrected chi connectivity index (χ2v) is 5.38. The van der Waals surface area contributed by atoms with Crippen LogP contribution in [-0.2, 0) is 13.6 Å². The van der Waals surface area contributed by atoms with Gasteiger partial charge in [-0.2, -0.15) is 0 Å². The van der Waals surface area contributed by atoms with Crippen molar-refractivity contribution in [3.05, 3.63) is 0 Å². The lowest BCUT2D eigenvalue weighted by atomic mass is 10.9. The Hall–Kier alpha value is -0.593. The van der Waals surface area contributed by atoms with Crippen LogP contribution in [0, 0.1) is 0 Å². The van der Waals surface area contributed by atoms with E-state index in [0.717, 1.165) is 0 Å². The maximum absolute atomic E-state index is 11.1. The Morgan fingerprint density at radius 1 is 1.14 bits per heavy atom. The quantitative estimate of drug-likeness (QED) is 0.688. The van der Waals surface area contributed by atoms with Crippen LogP contribution in [0.1, 0.15) is 20.8 Å². The van der Waals surface area contributed by atoms with Gasteiger partial charge in [-0.1, -0.05) is 0 Å². The fraction of sp³-hybridized carbons (Fsp3) is 0.875. The van der Waals surface area contributed by atoms with E-state index in [1.807, 2.05) is 13.8 Å². The van der Waals surface area contributed by atoms with E-state index in [0.29, 0.717) is 19.8 Å². The summed E-state index contributed by atoms with van der Waals surface area (Å²) >= 11 is 0. The first-order valence-corrected chi connectivity index (χ1v) is 7.12. The third kappa shape index (κ3) is 5.20. The van der Waals surface area contributed by atoms with Gasteiger partial charge in [0.25, 0.3) is 0 Å². The monoisotopic (exact) mass is 221 g/mol. The summed E-state index contributed by atoms with van der Waals surface area (Å²) in [6, 6.07) is 0. The molecule has 0 aliphatic heterocycles. The van der Waals surface area contributed by atoms with Crippen molar-refractivity contribution in [2.75, 3.05) is 19.8 Å². The van der Waals surface area contributed by atoms with Gasteiger partial charge in [-0.05, 0) is 27.3 Å². The Morgan fingerprint density at radius 2 is 1.64 bits per heavy atom. The standard InChI is InChI=1S/C8H19NO4Si/c1-5-11-8(10)9-14(4,12-6-2)13-7-3/h5-7H2,1-4H3,(H,9,10). The highest BCUT2D eigenvalue weighted by Crippen LogP contribution is 2.03. The predicted octanol–water partition coefficient (Wildman–Crippen LogP) is 1.37. The summed E-state index contributed by atoms with van der Waals surface area (Å²) in [5, 5.41) is 0. The van der Waals surface area contributed by atoms with Crippen LogP contribution >= 0.6 is 0 Å². The van der Waals surface area contributed by atoms with Crippen LogP contribution in [0.25, 0.3) is 0 Å². The Labute approximate surface area is 86.1 Å². The summed E-state index contributed by atoms with van der Waals surface area (Å²) in [5.74, 6) is 0. The number of hydrogen-bond acceptors (Lipinski definition) is 4. The molecule has 1 N–H and O–H groups in total. The molecule has 0 saturated heterocycles. The third-order valence-corrected chi connectivity index (χ3v) is 3.78. The molecule has 0 heterocycles. The van der Waals surface area contributed by atoms with Crippen molar-refractivity contribution in [3.63, 3.8) is 0 Å². The Morgan fingerprint density at radius 3 is 2.00 bits per heavy atom. The topological polar surface area (TPSA) is 56.8 Å². The molecular formula is C8H19NO4Si. The summed E-state index contributed by atoms with van der Waals surface area (Å²) in [4.78, 5) is 13.8. The van der Waals surface area contributed by atoms with Crippen LogP contribution in [-0.4, -0.2) is 34.6 Å². The molecule has 0 radical (unpaired) electrons. The highest BCUT2D eigenvalue weighted by molar-refractivity contribution is 6.65. The van der Waals surface area contributed by atoms with Gasteiger partial charge in [0, 0.05) is 13.2 Å². The molecule has 0 bridgehead atoms. The molecule has 14 heavy (non-hydrogen) atoms. The maximum Gasteiger partial charge on any atom is 0.458 e. The smallest absolute Gasteiger partial charge is 0.450 e. The summed E-state index contributed by atoms with van der Waals surface area (Å²) in [6.07, 6.45) is -0.483. The van der Waals surface area contributed by atoms with E-state index < -0.39 is 14.8 Å². The summed E-state index contributed by atoms with van der Waals surface area (Å²) in [6.45, 7) is 8.60. The van der Waals surface area contributed by atoms with Crippen LogP contribution in [0.3, 0.4) is 0 Å². The van der Waals surface area contributed by atoms with Crippen LogP contribution < -0.4 is 4.98 Å². The van der Waals surface area contributed by atoms with E-state index in [-0.39, 0.29) is 0 Å². The number of hydrogen-bond donors (Lipinski definition) is 1. The van der Waals surface area contributed by atoms with E-state index in [2.05, 4.69) is 4.98 Å². The van der Waals surface area contributed by atoms with Crippen LogP contribution in [0.15, 0.2) is 0 Å². The van der Waals surface area contributed by atoms with Gasteiger partial charge in [0.2, 0.25) is 0 Å². The largest absolute Gasteiger partial charge is 0.458 e. The molecule has 1 amide bonds. The van der Waals surface area contributed by atoms with Gasteiger partial charge >= 0.3 is 14.8 Å². The first-order chi connectivity index (χ1) is 6.58.